The minimum Gasteiger partial charge on any atom is -0.487 e. The van der Waals surface area contributed by atoms with Gasteiger partial charge in [-0.05, 0) is 19.9 Å². The summed E-state index contributed by atoms with van der Waals surface area (Å²) in [5, 5.41) is 18.9. The van der Waals surface area contributed by atoms with Crippen molar-refractivity contribution in [1.29, 1.82) is 0 Å². The van der Waals surface area contributed by atoms with Crippen molar-refractivity contribution in [2.45, 2.75) is 20.4 Å². The molecule has 19 heavy (non-hydrogen) atoms. The lowest BCUT2D eigenvalue weighted by Crippen LogP contribution is -2.02. The van der Waals surface area contributed by atoms with Crippen molar-refractivity contribution in [3.05, 3.63) is 34.6 Å². The van der Waals surface area contributed by atoms with Crippen molar-refractivity contribution in [2.24, 2.45) is 0 Å². The largest absolute Gasteiger partial charge is 0.487 e. The highest BCUT2D eigenvalue weighted by atomic mass is 16.6. The Morgan fingerprint density at radius 3 is 2.84 bits per heavy atom. The molecule has 0 unspecified atom stereocenters. The third-order valence-electron chi connectivity index (χ3n) is 2.68. The second kappa shape index (κ2) is 5.47. The molecular weight excluding hydrogens is 248 g/mol. The van der Waals surface area contributed by atoms with Crippen LogP contribution in [0.25, 0.3) is 11.4 Å². The number of aromatic nitrogens is 3. The molecule has 1 aromatic carbocycles. The van der Waals surface area contributed by atoms with Crippen LogP contribution >= 0.6 is 0 Å². The fourth-order valence-electron chi connectivity index (χ4n) is 1.84. The first-order chi connectivity index (χ1) is 9.19. The maximum Gasteiger partial charge on any atom is 0.311 e. The lowest BCUT2D eigenvalue weighted by molar-refractivity contribution is -0.385. The molecular formula is C12H14N4O3. The van der Waals surface area contributed by atoms with Gasteiger partial charge in [0.15, 0.2) is 5.82 Å². The fraction of sp³-hybridized carbons (Fsp3) is 0.333. The van der Waals surface area contributed by atoms with E-state index in [2.05, 4.69) is 10.2 Å². The molecule has 0 radical (unpaired) electrons. The Morgan fingerprint density at radius 2 is 2.21 bits per heavy atom. The number of nitro groups is 1. The SMILES string of the molecule is CCOc1c(-c2nncn2CC)cccc1[N+](=O)[O-]. The van der Waals surface area contributed by atoms with Crippen LogP contribution in [-0.2, 0) is 6.54 Å². The molecule has 7 nitrogen and oxygen atoms in total. The number of aryl methyl sites for hydroxylation is 1. The number of ether oxygens (including phenoxy) is 1. The number of rotatable bonds is 5. The van der Waals surface area contributed by atoms with E-state index in [0.717, 1.165) is 0 Å². The predicted molar refractivity (Wildman–Crippen MR) is 69.0 cm³/mol. The Bertz CT molecular complexity index is 594. The van der Waals surface area contributed by atoms with E-state index in [0.29, 0.717) is 24.5 Å². The summed E-state index contributed by atoms with van der Waals surface area (Å²) in [7, 11) is 0. The number of para-hydroxylation sites is 1. The van der Waals surface area contributed by atoms with Crippen LogP contribution in [0, 0.1) is 10.1 Å². The average Bonchev–Trinajstić information content (AvgIpc) is 2.87. The van der Waals surface area contributed by atoms with Gasteiger partial charge in [0, 0.05) is 12.6 Å². The molecule has 1 aromatic heterocycles. The maximum atomic E-state index is 11.1. The first-order valence-electron chi connectivity index (χ1n) is 5.97. The molecule has 2 rings (SSSR count). The average molecular weight is 262 g/mol. The van der Waals surface area contributed by atoms with Gasteiger partial charge >= 0.3 is 5.69 Å². The Morgan fingerprint density at radius 1 is 1.42 bits per heavy atom. The summed E-state index contributed by atoms with van der Waals surface area (Å²) in [5.41, 5.74) is 0.514. The van der Waals surface area contributed by atoms with Crippen molar-refractivity contribution in [3.8, 4) is 17.1 Å². The molecule has 0 fully saturated rings. The van der Waals surface area contributed by atoms with Crippen LogP contribution in [0.4, 0.5) is 5.69 Å². The summed E-state index contributed by atoms with van der Waals surface area (Å²) >= 11 is 0. The highest BCUT2D eigenvalue weighted by Crippen LogP contribution is 2.36. The molecule has 0 spiro atoms. The van der Waals surface area contributed by atoms with Crippen molar-refractivity contribution >= 4 is 5.69 Å². The summed E-state index contributed by atoms with van der Waals surface area (Å²) in [5.74, 6) is 0.798. The molecule has 0 saturated carbocycles. The third-order valence-corrected chi connectivity index (χ3v) is 2.68. The van der Waals surface area contributed by atoms with E-state index in [1.807, 2.05) is 11.5 Å². The van der Waals surface area contributed by atoms with E-state index in [1.54, 1.807) is 25.4 Å². The van der Waals surface area contributed by atoms with E-state index >= 15 is 0 Å². The quantitative estimate of drug-likeness (QED) is 0.609. The summed E-state index contributed by atoms with van der Waals surface area (Å²) in [4.78, 5) is 10.6. The number of nitrogens with zero attached hydrogens (tertiary/aromatic N) is 4. The molecule has 2 aromatic rings. The van der Waals surface area contributed by atoms with Crippen LogP contribution in [0.2, 0.25) is 0 Å². The fourth-order valence-corrected chi connectivity index (χ4v) is 1.84. The Labute approximate surface area is 110 Å². The predicted octanol–water partition coefficient (Wildman–Crippen LogP) is 2.27. The van der Waals surface area contributed by atoms with Gasteiger partial charge < -0.3 is 9.30 Å². The minimum absolute atomic E-state index is 0.0648. The Balaban J connectivity index is 2.62. The number of nitro benzene ring substituents is 1. The molecule has 0 atom stereocenters. The van der Waals surface area contributed by atoms with Gasteiger partial charge in [0.1, 0.15) is 6.33 Å². The van der Waals surface area contributed by atoms with Crippen LogP contribution in [0.1, 0.15) is 13.8 Å². The topological polar surface area (TPSA) is 83.1 Å². The Kier molecular flexibility index (Phi) is 3.74. The summed E-state index contributed by atoms with van der Waals surface area (Å²) in [6, 6.07) is 4.78. The highest BCUT2D eigenvalue weighted by Gasteiger charge is 2.22. The standard InChI is InChI=1S/C12H14N4O3/c1-3-15-8-13-14-12(15)9-6-5-7-10(16(17)18)11(9)19-4-2/h5-8H,3-4H2,1-2H3. The Hall–Kier alpha value is -2.44. The highest BCUT2D eigenvalue weighted by molar-refractivity contribution is 5.71. The van der Waals surface area contributed by atoms with E-state index in [9.17, 15) is 10.1 Å². The second-order valence-electron chi connectivity index (χ2n) is 3.78. The normalized spacial score (nSPS) is 10.4. The first-order valence-corrected chi connectivity index (χ1v) is 5.97. The van der Waals surface area contributed by atoms with Crippen LogP contribution < -0.4 is 4.74 Å². The van der Waals surface area contributed by atoms with Crippen LogP contribution in [0.5, 0.6) is 5.75 Å². The molecule has 0 aliphatic carbocycles. The summed E-state index contributed by atoms with van der Waals surface area (Å²) < 4.78 is 7.24. The van der Waals surface area contributed by atoms with Gasteiger partial charge in [0.2, 0.25) is 5.75 Å². The van der Waals surface area contributed by atoms with Gasteiger partial charge in [-0.3, -0.25) is 10.1 Å². The van der Waals surface area contributed by atoms with E-state index in [1.165, 1.54) is 6.07 Å². The molecule has 0 N–H and O–H groups in total. The van der Waals surface area contributed by atoms with Gasteiger partial charge in [0.25, 0.3) is 0 Å². The molecule has 100 valence electrons. The molecule has 0 aliphatic heterocycles. The number of hydrogen-bond donors (Lipinski definition) is 0. The molecule has 7 heteroatoms. The number of benzene rings is 1. The monoisotopic (exact) mass is 262 g/mol. The van der Waals surface area contributed by atoms with Crippen molar-refractivity contribution in [3.63, 3.8) is 0 Å². The number of hydrogen-bond acceptors (Lipinski definition) is 5. The second-order valence-corrected chi connectivity index (χ2v) is 3.78. The van der Waals surface area contributed by atoms with Crippen molar-refractivity contribution in [1.82, 2.24) is 14.8 Å². The molecule has 0 amide bonds. The molecule has 1 heterocycles. The zero-order chi connectivity index (χ0) is 13.8. The van der Waals surface area contributed by atoms with E-state index in [4.69, 9.17) is 4.74 Å². The van der Waals surface area contributed by atoms with Crippen LogP contribution in [-0.4, -0.2) is 26.3 Å². The van der Waals surface area contributed by atoms with Crippen molar-refractivity contribution < 1.29 is 9.66 Å². The van der Waals surface area contributed by atoms with Crippen molar-refractivity contribution in [2.75, 3.05) is 6.61 Å². The smallest absolute Gasteiger partial charge is 0.311 e. The maximum absolute atomic E-state index is 11.1. The van der Waals surface area contributed by atoms with Gasteiger partial charge in [-0.15, -0.1) is 10.2 Å². The first kappa shape index (κ1) is 13.0. The lowest BCUT2D eigenvalue weighted by Gasteiger charge is -2.10. The van der Waals surface area contributed by atoms with Crippen LogP contribution in [0.3, 0.4) is 0 Å². The van der Waals surface area contributed by atoms with E-state index < -0.39 is 4.92 Å². The zero-order valence-corrected chi connectivity index (χ0v) is 10.7. The molecule has 0 saturated heterocycles. The summed E-state index contributed by atoms with van der Waals surface area (Å²) in [6.07, 6.45) is 1.59. The minimum atomic E-state index is -0.457. The van der Waals surface area contributed by atoms with E-state index in [-0.39, 0.29) is 11.4 Å². The van der Waals surface area contributed by atoms with Gasteiger partial charge in [-0.25, -0.2) is 0 Å². The van der Waals surface area contributed by atoms with Gasteiger partial charge in [-0.1, -0.05) is 6.07 Å². The summed E-state index contributed by atoms with van der Waals surface area (Å²) in [6.45, 7) is 4.75. The lowest BCUT2D eigenvalue weighted by atomic mass is 10.1. The zero-order valence-electron chi connectivity index (χ0n) is 10.7. The van der Waals surface area contributed by atoms with Gasteiger partial charge in [-0.2, -0.15) is 0 Å². The van der Waals surface area contributed by atoms with Gasteiger partial charge in [0.05, 0.1) is 17.1 Å². The molecule has 0 aliphatic rings. The van der Waals surface area contributed by atoms with Crippen LogP contribution in [0.15, 0.2) is 24.5 Å². The third kappa shape index (κ3) is 2.40. The molecule has 0 bridgehead atoms.